The average molecular weight is 589 g/mol. The van der Waals surface area contributed by atoms with Gasteiger partial charge in [-0.15, -0.1) is 0 Å². The van der Waals surface area contributed by atoms with Crippen molar-refractivity contribution >= 4 is 9.84 Å². The average Bonchev–Trinajstić information content (AvgIpc) is 3.19. The fourth-order valence-electron chi connectivity index (χ4n) is 4.96. The Labute approximate surface area is 235 Å². The Morgan fingerprint density at radius 2 is 1.00 bits per heavy atom. The van der Waals surface area contributed by atoms with E-state index in [1.54, 1.807) is 24.3 Å². The normalized spacial score (nSPS) is 35.3. The molecule has 0 saturated carbocycles. The third kappa shape index (κ3) is 5.28. The number of ether oxygens (including phenoxy) is 2. The molecule has 3 aliphatic rings. The molecule has 0 aliphatic carbocycles. The summed E-state index contributed by atoms with van der Waals surface area (Å²) in [6.07, 6.45) is -14.1. The number of sulfone groups is 1. The molecular weight excluding hydrogens is 560 g/mol. The monoisotopic (exact) mass is 588 g/mol. The maximum atomic E-state index is 13.4. The fraction of sp³-hybridized carbons (Fsp3) is 0.429. The molecule has 8 N–H and O–H groups in total. The smallest absolute Gasteiger partial charge is 0.207 e. The summed E-state index contributed by atoms with van der Waals surface area (Å²) in [5, 5.41) is 78.8. The number of fused-ring (bicyclic) bond motifs is 3. The summed E-state index contributed by atoms with van der Waals surface area (Å²) in [5.41, 5.74) is 1.43. The number of aliphatic hydroxyl groups excluding tert-OH is 8. The van der Waals surface area contributed by atoms with E-state index in [4.69, 9.17) is 9.47 Å². The number of aliphatic hydroxyl groups is 8. The first-order valence-corrected chi connectivity index (χ1v) is 14.1. The van der Waals surface area contributed by atoms with Crippen LogP contribution < -0.4 is 0 Å². The standard InChI is InChI=1S/C28H28O12S/c29-11-19-25(33)27(35)23(31)17(39-19)7-3-13-1-5-15-16-6-2-14(10-22(16)41(37,38)21(15)9-13)4-8-18-24(32)28(36)26(34)20(12-30)40-18/h1-2,5-6,9-10,17-20,23-36H,11-12H2/t17-,18-,19-,20+,23-,24-,25-,26-,27-,28-/m1/s1. The minimum absolute atomic E-state index is 0.00727. The SMILES string of the molecule is O=S1(=O)c2cc(C#C[C@H]3O[C@H](CO)[C@@H](O)[C@H](O)[C@@H]3O)ccc2-c2ccc(C#C[C@H]3O[C@@H](CO)[C@@H](O)[C@H](O)[C@@H]3O)cc21. The molecule has 0 spiro atoms. The van der Waals surface area contributed by atoms with Crippen molar-refractivity contribution in [2.45, 2.75) is 70.8 Å². The molecule has 2 fully saturated rings. The van der Waals surface area contributed by atoms with Crippen LogP contribution in [0.1, 0.15) is 11.1 Å². The zero-order valence-corrected chi connectivity index (χ0v) is 22.1. The number of rotatable bonds is 2. The summed E-state index contributed by atoms with van der Waals surface area (Å²) in [6.45, 7) is -1.21. The lowest BCUT2D eigenvalue weighted by atomic mass is 9.95. The highest BCUT2D eigenvalue weighted by molar-refractivity contribution is 7.92. The lowest BCUT2D eigenvalue weighted by Crippen LogP contribution is -2.58. The topological polar surface area (TPSA) is 214 Å². The van der Waals surface area contributed by atoms with Gasteiger partial charge in [0, 0.05) is 22.3 Å². The third-order valence-corrected chi connectivity index (χ3v) is 9.17. The van der Waals surface area contributed by atoms with Crippen LogP contribution >= 0.6 is 0 Å². The molecule has 10 atom stereocenters. The second-order valence-corrected chi connectivity index (χ2v) is 11.8. The molecule has 0 bridgehead atoms. The van der Waals surface area contributed by atoms with Gasteiger partial charge in [-0.05, 0) is 24.3 Å². The molecule has 12 nitrogen and oxygen atoms in total. The second kappa shape index (κ2) is 11.4. The minimum Gasteiger partial charge on any atom is -0.394 e. The van der Waals surface area contributed by atoms with Gasteiger partial charge in [0.2, 0.25) is 9.84 Å². The molecule has 2 aromatic carbocycles. The lowest BCUT2D eigenvalue weighted by Gasteiger charge is -2.37. The van der Waals surface area contributed by atoms with Gasteiger partial charge in [0.1, 0.15) is 61.0 Å². The number of benzene rings is 2. The molecule has 2 saturated heterocycles. The Hall–Kier alpha value is -2.89. The van der Waals surface area contributed by atoms with Crippen LogP contribution in [0, 0.1) is 23.7 Å². The molecule has 218 valence electrons. The van der Waals surface area contributed by atoms with Gasteiger partial charge in [-0.3, -0.25) is 0 Å². The van der Waals surface area contributed by atoms with Gasteiger partial charge in [-0.2, -0.15) is 0 Å². The van der Waals surface area contributed by atoms with Gasteiger partial charge >= 0.3 is 0 Å². The summed E-state index contributed by atoms with van der Waals surface area (Å²) in [6, 6.07) is 9.03. The first-order valence-electron chi connectivity index (χ1n) is 12.7. The van der Waals surface area contributed by atoms with Crippen LogP contribution in [0.15, 0.2) is 46.2 Å². The Morgan fingerprint density at radius 1 is 0.610 bits per heavy atom. The van der Waals surface area contributed by atoms with Crippen LogP contribution in [-0.4, -0.2) is 124 Å². The van der Waals surface area contributed by atoms with Crippen molar-refractivity contribution in [2.24, 2.45) is 0 Å². The second-order valence-electron chi connectivity index (χ2n) is 9.96. The van der Waals surface area contributed by atoms with Crippen molar-refractivity contribution in [2.75, 3.05) is 13.2 Å². The highest BCUT2D eigenvalue weighted by Gasteiger charge is 2.44. The first kappa shape index (κ1) is 29.6. The predicted molar refractivity (Wildman–Crippen MR) is 139 cm³/mol. The van der Waals surface area contributed by atoms with Crippen LogP contribution in [0.5, 0.6) is 0 Å². The van der Waals surface area contributed by atoms with Gasteiger partial charge in [-0.25, -0.2) is 8.42 Å². The maximum Gasteiger partial charge on any atom is 0.207 e. The zero-order valence-electron chi connectivity index (χ0n) is 21.3. The highest BCUT2D eigenvalue weighted by atomic mass is 32.2. The minimum atomic E-state index is -3.98. The highest BCUT2D eigenvalue weighted by Crippen LogP contribution is 2.43. The van der Waals surface area contributed by atoms with Crippen LogP contribution in [0.2, 0.25) is 0 Å². The van der Waals surface area contributed by atoms with Gasteiger partial charge in [0.05, 0.1) is 23.0 Å². The van der Waals surface area contributed by atoms with E-state index in [-0.39, 0.29) is 20.9 Å². The molecule has 5 rings (SSSR count). The summed E-state index contributed by atoms with van der Waals surface area (Å²) in [5.74, 6) is 10.7. The van der Waals surface area contributed by atoms with Crippen molar-refractivity contribution < 1.29 is 58.7 Å². The van der Waals surface area contributed by atoms with E-state index < -0.39 is 84.1 Å². The Morgan fingerprint density at radius 3 is 1.37 bits per heavy atom. The van der Waals surface area contributed by atoms with E-state index in [0.717, 1.165) is 0 Å². The van der Waals surface area contributed by atoms with Crippen molar-refractivity contribution in [3.63, 3.8) is 0 Å². The molecule has 41 heavy (non-hydrogen) atoms. The van der Waals surface area contributed by atoms with Gasteiger partial charge in [0.25, 0.3) is 0 Å². The van der Waals surface area contributed by atoms with E-state index in [1.165, 1.54) is 12.1 Å². The molecule has 13 heteroatoms. The van der Waals surface area contributed by atoms with Crippen molar-refractivity contribution in [3.8, 4) is 34.8 Å². The molecular formula is C28H28O12S. The van der Waals surface area contributed by atoms with E-state index >= 15 is 0 Å². The largest absolute Gasteiger partial charge is 0.394 e. The summed E-state index contributed by atoms with van der Waals surface area (Å²) in [4.78, 5) is -0.0145. The van der Waals surface area contributed by atoms with Crippen molar-refractivity contribution in [3.05, 3.63) is 47.5 Å². The molecule has 0 amide bonds. The van der Waals surface area contributed by atoms with Gasteiger partial charge in [-0.1, -0.05) is 35.8 Å². The maximum absolute atomic E-state index is 13.4. The van der Waals surface area contributed by atoms with Crippen molar-refractivity contribution in [1.29, 1.82) is 0 Å². The Bertz CT molecular complexity index is 1440. The van der Waals surface area contributed by atoms with Crippen LogP contribution in [0.25, 0.3) is 11.1 Å². The van der Waals surface area contributed by atoms with E-state index in [1.807, 2.05) is 0 Å². The summed E-state index contributed by atoms with van der Waals surface area (Å²) in [7, 11) is -3.98. The van der Waals surface area contributed by atoms with Gasteiger partial charge < -0.3 is 50.3 Å². The molecule has 0 radical (unpaired) electrons. The van der Waals surface area contributed by atoms with Gasteiger partial charge in [0.15, 0.2) is 0 Å². The third-order valence-electron chi connectivity index (χ3n) is 7.33. The van der Waals surface area contributed by atoms with E-state index in [0.29, 0.717) is 11.1 Å². The molecule has 2 aromatic rings. The Balaban J connectivity index is 1.39. The molecule has 0 aromatic heterocycles. The summed E-state index contributed by atoms with van der Waals surface area (Å²) >= 11 is 0. The quantitative estimate of drug-likeness (QED) is 0.140. The predicted octanol–water partition coefficient (Wildman–Crippen LogP) is -3.11. The van der Waals surface area contributed by atoms with Crippen molar-refractivity contribution in [1.82, 2.24) is 0 Å². The number of hydrogen-bond acceptors (Lipinski definition) is 12. The van der Waals surface area contributed by atoms with Crippen LogP contribution in [0.4, 0.5) is 0 Å². The van der Waals surface area contributed by atoms with Crippen LogP contribution in [0.3, 0.4) is 0 Å². The molecule has 0 unspecified atom stereocenters. The fourth-order valence-corrected chi connectivity index (χ4v) is 6.69. The summed E-state index contributed by atoms with van der Waals surface area (Å²) < 4.78 is 37.6. The first-order chi connectivity index (χ1) is 19.5. The van der Waals surface area contributed by atoms with E-state index in [9.17, 15) is 49.3 Å². The van der Waals surface area contributed by atoms with Crippen LogP contribution in [-0.2, 0) is 19.3 Å². The zero-order chi connectivity index (χ0) is 29.6. The Kier molecular flexibility index (Phi) is 8.24. The van der Waals surface area contributed by atoms with E-state index in [2.05, 4.69) is 23.7 Å². The molecule has 3 heterocycles. The molecule has 3 aliphatic heterocycles. The number of hydrogen-bond donors (Lipinski definition) is 8. The lowest BCUT2D eigenvalue weighted by molar-refractivity contribution is -0.214.